The summed E-state index contributed by atoms with van der Waals surface area (Å²) in [4.78, 5) is 0. The molecule has 19 heavy (non-hydrogen) atoms. The summed E-state index contributed by atoms with van der Waals surface area (Å²) >= 11 is 0. The lowest BCUT2D eigenvalue weighted by Crippen LogP contribution is -1.99. The molecule has 0 heteroatoms. The molecule has 0 atom stereocenters. The third-order valence-electron chi connectivity index (χ3n) is 3.22. The van der Waals surface area contributed by atoms with E-state index in [-0.39, 0.29) is 0 Å². The Bertz CT molecular complexity index is 495. The maximum atomic E-state index is 2.34. The fraction of sp³-hybridized carbons (Fsp3) is 0.368. The maximum Gasteiger partial charge on any atom is -0.0222 e. The highest BCUT2D eigenvalue weighted by Gasteiger charge is 2.10. The van der Waals surface area contributed by atoms with Crippen LogP contribution in [0.2, 0.25) is 0 Å². The van der Waals surface area contributed by atoms with Gasteiger partial charge in [0.25, 0.3) is 0 Å². The minimum atomic E-state index is 1.16. The second-order valence-corrected chi connectivity index (χ2v) is 4.96. The van der Waals surface area contributed by atoms with Crippen LogP contribution in [0, 0.1) is 0 Å². The van der Waals surface area contributed by atoms with E-state index in [9.17, 15) is 0 Å². The van der Waals surface area contributed by atoms with E-state index in [1.165, 1.54) is 34.3 Å². The minimum absolute atomic E-state index is 1.16. The van der Waals surface area contributed by atoms with Crippen molar-refractivity contribution in [1.29, 1.82) is 0 Å². The number of fused-ring (bicyclic) bond motifs is 1. The Morgan fingerprint density at radius 1 is 0.947 bits per heavy atom. The van der Waals surface area contributed by atoms with Crippen LogP contribution >= 0.6 is 0 Å². The van der Waals surface area contributed by atoms with Gasteiger partial charge in [0.1, 0.15) is 0 Å². The molecule has 0 nitrogen and oxygen atoms in total. The van der Waals surface area contributed by atoms with Gasteiger partial charge in [-0.3, -0.25) is 0 Å². The Labute approximate surface area is 118 Å². The smallest absolute Gasteiger partial charge is 0.0222 e. The van der Waals surface area contributed by atoms with Crippen molar-refractivity contribution in [3.05, 3.63) is 64.3 Å². The number of benzene rings is 1. The highest BCUT2D eigenvalue weighted by molar-refractivity contribution is 5.63. The van der Waals surface area contributed by atoms with E-state index in [0.29, 0.717) is 0 Å². The average molecular weight is 254 g/mol. The maximum absolute atomic E-state index is 2.34. The first-order valence-electron chi connectivity index (χ1n) is 7.27. The summed E-state index contributed by atoms with van der Waals surface area (Å²) in [6.07, 6.45) is 9.09. The first-order valence-corrected chi connectivity index (χ1v) is 7.27. The van der Waals surface area contributed by atoms with Crippen molar-refractivity contribution in [2.75, 3.05) is 0 Å². The van der Waals surface area contributed by atoms with Crippen molar-refractivity contribution < 1.29 is 0 Å². The van der Waals surface area contributed by atoms with Gasteiger partial charge in [0, 0.05) is 0 Å². The lowest BCUT2D eigenvalue weighted by Gasteiger charge is -2.16. The Kier molecular flexibility index (Phi) is 6.35. The molecule has 0 aliphatic heterocycles. The summed E-state index contributed by atoms with van der Waals surface area (Å²) < 4.78 is 0. The molecular weight excluding hydrogens is 228 g/mol. The predicted octanol–water partition coefficient (Wildman–Crippen LogP) is 5.95. The Hall–Kier alpha value is -1.56. The molecule has 1 aliphatic carbocycles. The largest absolute Gasteiger partial charge is 0.0764 e. The summed E-state index contributed by atoms with van der Waals surface area (Å²) in [6.45, 7) is 10.5. The minimum Gasteiger partial charge on any atom is -0.0764 e. The molecule has 0 heterocycles. The van der Waals surface area contributed by atoms with Crippen molar-refractivity contribution in [1.82, 2.24) is 0 Å². The zero-order valence-corrected chi connectivity index (χ0v) is 13.0. The van der Waals surface area contributed by atoms with Gasteiger partial charge in [-0.1, -0.05) is 61.9 Å². The average Bonchev–Trinajstić information content (AvgIpc) is 2.46. The zero-order chi connectivity index (χ0) is 14.3. The highest BCUT2D eigenvalue weighted by Crippen LogP contribution is 2.27. The Morgan fingerprint density at radius 3 is 2.32 bits per heavy atom. The summed E-state index contributed by atoms with van der Waals surface area (Å²) in [5.74, 6) is 0. The van der Waals surface area contributed by atoms with E-state index >= 15 is 0 Å². The topological polar surface area (TPSA) is 0 Å². The second-order valence-electron chi connectivity index (χ2n) is 4.96. The molecule has 0 unspecified atom stereocenters. The van der Waals surface area contributed by atoms with Gasteiger partial charge in [-0.05, 0) is 55.9 Å². The molecule has 102 valence electrons. The summed E-state index contributed by atoms with van der Waals surface area (Å²) in [5.41, 5.74) is 7.08. The Morgan fingerprint density at radius 2 is 1.63 bits per heavy atom. The number of aryl methyl sites for hydroxylation is 1. The van der Waals surface area contributed by atoms with Crippen LogP contribution in [0.15, 0.2) is 53.1 Å². The monoisotopic (exact) mass is 254 g/mol. The molecule has 0 saturated carbocycles. The first kappa shape index (κ1) is 15.5. The normalized spacial score (nSPS) is 13.7. The molecular formula is C19H26. The van der Waals surface area contributed by atoms with Crippen LogP contribution in [0.25, 0.3) is 6.08 Å². The predicted molar refractivity (Wildman–Crippen MR) is 87.3 cm³/mol. The van der Waals surface area contributed by atoms with Crippen molar-refractivity contribution in [3.63, 3.8) is 0 Å². The van der Waals surface area contributed by atoms with Crippen molar-refractivity contribution in [2.45, 2.75) is 47.5 Å². The molecule has 0 radical (unpaired) electrons. The van der Waals surface area contributed by atoms with Crippen LogP contribution in [0.4, 0.5) is 0 Å². The van der Waals surface area contributed by atoms with Gasteiger partial charge >= 0.3 is 0 Å². The van der Waals surface area contributed by atoms with Crippen LogP contribution in [0.3, 0.4) is 0 Å². The van der Waals surface area contributed by atoms with Gasteiger partial charge in [0.2, 0.25) is 0 Å². The lowest BCUT2D eigenvalue weighted by atomic mass is 9.89. The zero-order valence-electron chi connectivity index (χ0n) is 13.0. The van der Waals surface area contributed by atoms with E-state index in [2.05, 4.69) is 63.3 Å². The molecule has 0 aromatic heterocycles. The fourth-order valence-corrected chi connectivity index (χ4v) is 2.14. The van der Waals surface area contributed by atoms with Gasteiger partial charge < -0.3 is 0 Å². The lowest BCUT2D eigenvalue weighted by molar-refractivity contribution is 0.933. The van der Waals surface area contributed by atoms with Crippen LogP contribution in [0.5, 0.6) is 0 Å². The fourth-order valence-electron chi connectivity index (χ4n) is 2.14. The van der Waals surface area contributed by atoms with Gasteiger partial charge in [0.05, 0.1) is 0 Å². The molecule has 0 spiro atoms. The number of hydrogen-bond donors (Lipinski definition) is 0. The van der Waals surface area contributed by atoms with Crippen LogP contribution < -0.4 is 0 Å². The summed E-state index contributed by atoms with van der Waals surface area (Å²) in [5, 5.41) is 0. The van der Waals surface area contributed by atoms with E-state index in [1.54, 1.807) is 0 Å². The van der Waals surface area contributed by atoms with Crippen molar-refractivity contribution in [3.8, 4) is 0 Å². The molecule has 0 N–H and O–H groups in total. The second kappa shape index (κ2) is 7.78. The van der Waals surface area contributed by atoms with Crippen molar-refractivity contribution in [2.24, 2.45) is 0 Å². The van der Waals surface area contributed by atoms with Crippen LogP contribution in [-0.2, 0) is 6.42 Å². The molecule has 2 rings (SSSR count). The SMILES string of the molecule is CC.CC(C)=C/C=C(\C)C1=Cc2ccccc2CC1. The molecule has 0 saturated heterocycles. The molecule has 1 aliphatic rings. The number of allylic oxidation sites excluding steroid dienone is 5. The van der Waals surface area contributed by atoms with E-state index in [1.807, 2.05) is 13.8 Å². The van der Waals surface area contributed by atoms with Crippen LogP contribution in [0.1, 0.15) is 52.2 Å². The van der Waals surface area contributed by atoms with E-state index in [4.69, 9.17) is 0 Å². The standard InChI is InChI=1S/C17H20.C2H6/c1-13(2)8-9-14(3)16-11-10-15-6-4-5-7-17(15)12-16;1-2/h4-9,12H,10-11H2,1-3H3;1-2H3/b14-9+;. The third kappa shape index (κ3) is 4.55. The summed E-state index contributed by atoms with van der Waals surface area (Å²) in [7, 11) is 0. The Balaban J connectivity index is 0.000000861. The van der Waals surface area contributed by atoms with Crippen molar-refractivity contribution >= 4 is 6.08 Å². The quantitative estimate of drug-likeness (QED) is 0.572. The van der Waals surface area contributed by atoms with Gasteiger partial charge in [0.15, 0.2) is 0 Å². The van der Waals surface area contributed by atoms with Crippen LogP contribution in [-0.4, -0.2) is 0 Å². The number of hydrogen-bond acceptors (Lipinski definition) is 0. The molecule has 1 aromatic rings. The highest BCUT2D eigenvalue weighted by atomic mass is 14.1. The van der Waals surface area contributed by atoms with Gasteiger partial charge in [-0.2, -0.15) is 0 Å². The summed E-state index contributed by atoms with van der Waals surface area (Å²) in [6, 6.07) is 8.69. The molecule has 1 aromatic carbocycles. The van der Waals surface area contributed by atoms with E-state index < -0.39 is 0 Å². The molecule has 0 amide bonds. The third-order valence-corrected chi connectivity index (χ3v) is 3.22. The first-order chi connectivity index (χ1) is 9.16. The number of rotatable bonds is 2. The molecule has 0 bridgehead atoms. The van der Waals surface area contributed by atoms with E-state index in [0.717, 1.165) is 6.42 Å². The van der Waals surface area contributed by atoms with Gasteiger partial charge in [-0.15, -0.1) is 0 Å². The van der Waals surface area contributed by atoms with Gasteiger partial charge in [-0.25, -0.2) is 0 Å². The molecule has 0 fully saturated rings.